The van der Waals surface area contributed by atoms with E-state index in [0.29, 0.717) is 18.6 Å². The largest absolute Gasteiger partial charge is 0.377 e. The van der Waals surface area contributed by atoms with Gasteiger partial charge < -0.3 is 19.9 Å². The molecule has 6 nitrogen and oxygen atoms in total. The highest BCUT2D eigenvalue weighted by atomic mass is 32.1. The van der Waals surface area contributed by atoms with Gasteiger partial charge in [-0.15, -0.1) is 11.3 Å². The van der Waals surface area contributed by atoms with Crippen molar-refractivity contribution in [2.75, 3.05) is 33.3 Å². The second-order valence-corrected chi connectivity index (χ2v) is 8.74. The van der Waals surface area contributed by atoms with Gasteiger partial charge in [0.15, 0.2) is 0 Å². The SMILES string of the molecule is CC(C)c1nc(CN(C)C(=O)NC2CCN(C[C@H]3CCCO3)CC2)cs1. The molecule has 0 spiro atoms. The first-order valence-electron chi connectivity index (χ1n) is 9.81. The molecule has 2 saturated heterocycles. The molecule has 1 aromatic rings. The summed E-state index contributed by atoms with van der Waals surface area (Å²) in [5.74, 6) is 0.438. The van der Waals surface area contributed by atoms with Gasteiger partial charge in [-0.2, -0.15) is 0 Å². The van der Waals surface area contributed by atoms with E-state index in [1.54, 1.807) is 16.2 Å². The first-order chi connectivity index (χ1) is 12.5. The number of nitrogens with one attached hydrogen (secondary N) is 1. The summed E-state index contributed by atoms with van der Waals surface area (Å²) in [4.78, 5) is 21.3. The van der Waals surface area contributed by atoms with Crippen LogP contribution in [0.3, 0.4) is 0 Å². The number of hydrogen-bond donors (Lipinski definition) is 1. The molecule has 2 amide bonds. The van der Waals surface area contributed by atoms with E-state index in [9.17, 15) is 4.79 Å². The van der Waals surface area contributed by atoms with Gasteiger partial charge in [-0.3, -0.25) is 0 Å². The van der Waals surface area contributed by atoms with Crippen LogP contribution in [0, 0.1) is 0 Å². The number of amides is 2. The Labute approximate surface area is 160 Å². The number of aromatic nitrogens is 1. The van der Waals surface area contributed by atoms with Gasteiger partial charge in [0, 0.05) is 50.6 Å². The maximum Gasteiger partial charge on any atom is 0.317 e. The quantitative estimate of drug-likeness (QED) is 0.824. The second kappa shape index (κ2) is 9.15. The Bertz CT molecular complexity index is 578. The Balaban J connectivity index is 1.38. The summed E-state index contributed by atoms with van der Waals surface area (Å²) >= 11 is 1.67. The van der Waals surface area contributed by atoms with E-state index >= 15 is 0 Å². The Kier molecular flexibility index (Phi) is 6.89. The van der Waals surface area contributed by atoms with Gasteiger partial charge in [0.25, 0.3) is 0 Å². The van der Waals surface area contributed by atoms with E-state index in [4.69, 9.17) is 4.74 Å². The molecular formula is C19H32N4O2S. The standard InChI is InChI=1S/C19H32N4O2S/c1-14(2)18-20-16(13-26-18)11-22(3)19(24)21-15-6-8-23(9-7-15)12-17-5-4-10-25-17/h13-15,17H,4-12H2,1-3H3,(H,21,24)/t17-/m1/s1. The van der Waals surface area contributed by atoms with Gasteiger partial charge in [-0.05, 0) is 25.7 Å². The summed E-state index contributed by atoms with van der Waals surface area (Å²) in [6.07, 6.45) is 4.83. The van der Waals surface area contributed by atoms with Gasteiger partial charge in [-0.25, -0.2) is 9.78 Å². The van der Waals surface area contributed by atoms with Crippen molar-refractivity contribution in [3.05, 3.63) is 16.1 Å². The summed E-state index contributed by atoms with van der Waals surface area (Å²) in [6.45, 7) is 8.89. The smallest absolute Gasteiger partial charge is 0.317 e. The lowest BCUT2D eigenvalue weighted by atomic mass is 10.0. The normalized spacial score (nSPS) is 22.1. The second-order valence-electron chi connectivity index (χ2n) is 7.85. The fraction of sp³-hybridized carbons (Fsp3) is 0.789. The van der Waals surface area contributed by atoms with Gasteiger partial charge in [0.2, 0.25) is 0 Å². The molecule has 2 aliphatic rings. The van der Waals surface area contributed by atoms with Gasteiger partial charge in [0.1, 0.15) is 0 Å². The minimum atomic E-state index is 0.00155. The van der Waals surface area contributed by atoms with Gasteiger partial charge in [-0.1, -0.05) is 13.8 Å². The molecule has 0 aliphatic carbocycles. The van der Waals surface area contributed by atoms with Crippen molar-refractivity contribution in [3.8, 4) is 0 Å². The number of hydrogen-bond acceptors (Lipinski definition) is 5. The highest BCUT2D eigenvalue weighted by molar-refractivity contribution is 7.09. The third-order valence-corrected chi connectivity index (χ3v) is 6.40. The minimum Gasteiger partial charge on any atom is -0.377 e. The molecule has 1 aromatic heterocycles. The van der Waals surface area contributed by atoms with Crippen molar-refractivity contribution in [1.82, 2.24) is 20.1 Å². The molecule has 0 unspecified atom stereocenters. The number of piperidine rings is 1. The molecule has 1 atom stereocenters. The summed E-state index contributed by atoms with van der Waals surface area (Å²) in [5.41, 5.74) is 0.975. The predicted octanol–water partition coefficient (Wildman–Crippen LogP) is 3.05. The van der Waals surface area contributed by atoms with Crippen molar-refractivity contribution in [2.24, 2.45) is 0 Å². The Hall–Kier alpha value is -1.18. The van der Waals surface area contributed by atoms with Crippen LogP contribution in [0.2, 0.25) is 0 Å². The summed E-state index contributed by atoms with van der Waals surface area (Å²) in [5, 5.41) is 6.38. The molecule has 2 aliphatic heterocycles. The van der Waals surface area contributed by atoms with Crippen LogP contribution in [0.5, 0.6) is 0 Å². The number of carbonyl (C=O) groups is 1. The van der Waals surface area contributed by atoms with Crippen molar-refractivity contribution in [1.29, 1.82) is 0 Å². The van der Waals surface area contributed by atoms with Crippen molar-refractivity contribution in [3.63, 3.8) is 0 Å². The van der Waals surface area contributed by atoms with Crippen LogP contribution in [0.1, 0.15) is 56.2 Å². The summed E-state index contributed by atoms with van der Waals surface area (Å²) in [6, 6.07) is 0.272. The number of urea groups is 1. The molecule has 0 aromatic carbocycles. The predicted molar refractivity (Wildman–Crippen MR) is 105 cm³/mol. The van der Waals surface area contributed by atoms with E-state index in [-0.39, 0.29) is 12.1 Å². The molecule has 3 rings (SSSR count). The Morgan fingerprint density at radius 1 is 1.42 bits per heavy atom. The van der Waals surface area contributed by atoms with Crippen LogP contribution in [-0.2, 0) is 11.3 Å². The van der Waals surface area contributed by atoms with E-state index in [1.807, 2.05) is 7.05 Å². The van der Waals surface area contributed by atoms with E-state index in [1.165, 1.54) is 12.8 Å². The highest BCUT2D eigenvalue weighted by Crippen LogP contribution is 2.20. The van der Waals surface area contributed by atoms with Crippen molar-refractivity contribution < 1.29 is 9.53 Å². The maximum atomic E-state index is 12.5. The third kappa shape index (κ3) is 5.41. The van der Waals surface area contributed by atoms with E-state index < -0.39 is 0 Å². The van der Waals surface area contributed by atoms with Gasteiger partial charge >= 0.3 is 6.03 Å². The lowest BCUT2D eigenvalue weighted by Gasteiger charge is -2.34. The number of nitrogens with zero attached hydrogens (tertiary/aromatic N) is 3. The molecule has 0 bridgehead atoms. The van der Waals surface area contributed by atoms with Crippen molar-refractivity contribution >= 4 is 17.4 Å². The molecule has 0 radical (unpaired) electrons. The zero-order valence-electron chi connectivity index (χ0n) is 16.2. The first kappa shape index (κ1) is 19.6. The lowest BCUT2D eigenvalue weighted by molar-refractivity contribution is 0.0629. The van der Waals surface area contributed by atoms with Crippen LogP contribution in [0.25, 0.3) is 0 Å². The van der Waals surface area contributed by atoms with Crippen LogP contribution in [0.4, 0.5) is 4.79 Å². The molecular weight excluding hydrogens is 348 g/mol. The molecule has 3 heterocycles. The average Bonchev–Trinajstić information content (AvgIpc) is 3.28. The summed E-state index contributed by atoms with van der Waals surface area (Å²) in [7, 11) is 1.84. The zero-order chi connectivity index (χ0) is 18.5. The number of thiazole rings is 1. The molecule has 7 heteroatoms. The number of rotatable bonds is 6. The third-order valence-electron chi connectivity index (χ3n) is 5.21. The zero-order valence-corrected chi connectivity index (χ0v) is 17.1. The monoisotopic (exact) mass is 380 g/mol. The van der Waals surface area contributed by atoms with Crippen molar-refractivity contribution in [2.45, 2.75) is 64.1 Å². The van der Waals surface area contributed by atoms with Crippen LogP contribution < -0.4 is 5.32 Å². The molecule has 26 heavy (non-hydrogen) atoms. The fourth-order valence-electron chi connectivity index (χ4n) is 3.60. The van der Waals surface area contributed by atoms with Crippen LogP contribution in [-0.4, -0.2) is 66.2 Å². The summed E-state index contributed by atoms with van der Waals surface area (Å²) < 4.78 is 5.73. The Morgan fingerprint density at radius 2 is 2.19 bits per heavy atom. The first-order valence-corrected chi connectivity index (χ1v) is 10.7. The number of carbonyl (C=O) groups excluding carboxylic acids is 1. The van der Waals surface area contributed by atoms with Crippen LogP contribution >= 0.6 is 11.3 Å². The minimum absolute atomic E-state index is 0.00155. The molecule has 1 N–H and O–H groups in total. The lowest BCUT2D eigenvalue weighted by Crippen LogP contribution is -2.49. The van der Waals surface area contributed by atoms with Crippen LogP contribution in [0.15, 0.2) is 5.38 Å². The van der Waals surface area contributed by atoms with Gasteiger partial charge in [0.05, 0.1) is 23.4 Å². The topological polar surface area (TPSA) is 57.7 Å². The molecule has 2 fully saturated rings. The van der Waals surface area contributed by atoms with E-state index in [2.05, 4.69) is 34.4 Å². The van der Waals surface area contributed by atoms with E-state index in [0.717, 1.165) is 49.8 Å². The average molecular weight is 381 g/mol. The Morgan fingerprint density at radius 3 is 2.81 bits per heavy atom. The molecule has 146 valence electrons. The number of likely N-dealkylation sites (tertiary alicyclic amines) is 1. The molecule has 0 saturated carbocycles. The number of ether oxygens (including phenoxy) is 1. The maximum absolute atomic E-state index is 12.5. The fourth-order valence-corrected chi connectivity index (χ4v) is 4.42. The highest BCUT2D eigenvalue weighted by Gasteiger charge is 2.25.